The number of carbonyl (C=O) groups excluding carboxylic acids is 1. The molecule has 57 valence electrons. The molecule has 1 aromatic rings. The first-order valence-electron chi connectivity index (χ1n) is 3.15. The van der Waals surface area contributed by atoms with E-state index in [0.29, 0.717) is 5.82 Å². The van der Waals surface area contributed by atoms with Crippen LogP contribution < -0.4 is 4.90 Å². The molecule has 0 saturated heterocycles. The summed E-state index contributed by atoms with van der Waals surface area (Å²) in [5, 5.41) is 0. The fraction of sp³-hybridized carbons (Fsp3) is 0.286. The van der Waals surface area contributed by atoms with Gasteiger partial charge in [0.2, 0.25) is 5.91 Å². The van der Waals surface area contributed by atoms with Crippen LogP contribution in [0.15, 0.2) is 12.3 Å². The second-order valence-electron chi connectivity index (χ2n) is 2.09. The number of aromatic nitrogens is 2. The maximum absolute atomic E-state index is 10.8. The van der Waals surface area contributed by atoms with Crippen LogP contribution in [0.5, 0.6) is 0 Å². The van der Waals surface area contributed by atoms with Crippen molar-refractivity contribution in [2.45, 2.75) is 6.92 Å². The van der Waals surface area contributed by atoms with Gasteiger partial charge in [0.25, 0.3) is 0 Å². The van der Waals surface area contributed by atoms with E-state index in [1.807, 2.05) is 0 Å². The van der Waals surface area contributed by atoms with E-state index in [9.17, 15) is 4.79 Å². The van der Waals surface area contributed by atoms with Gasteiger partial charge < -0.3 is 4.90 Å². The van der Waals surface area contributed by atoms with Crippen LogP contribution in [0.25, 0.3) is 0 Å². The Bertz CT molecular complexity index is 247. The minimum absolute atomic E-state index is 0.0582. The van der Waals surface area contributed by atoms with Crippen LogP contribution in [-0.4, -0.2) is 22.9 Å². The summed E-state index contributed by atoms with van der Waals surface area (Å²) in [6.45, 7) is 1.47. The van der Waals surface area contributed by atoms with Gasteiger partial charge in [0.1, 0.15) is 5.82 Å². The third kappa shape index (κ3) is 1.73. The molecule has 4 heteroatoms. The van der Waals surface area contributed by atoms with Crippen molar-refractivity contribution < 1.29 is 4.79 Å². The van der Waals surface area contributed by atoms with Crippen LogP contribution in [0.3, 0.4) is 0 Å². The van der Waals surface area contributed by atoms with Crippen LogP contribution in [0.2, 0.25) is 0 Å². The van der Waals surface area contributed by atoms with Gasteiger partial charge in [-0.15, -0.1) is 0 Å². The quantitative estimate of drug-likeness (QED) is 0.576. The van der Waals surface area contributed by atoms with Crippen LogP contribution in [0, 0.1) is 6.33 Å². The Morgan fingerprint density at radius 3 is 2.91 bits per heavy atom. The van der Waals surface area contributed by atoms with E-state index >= 15 is 0 Å². The van der Waals surface area contributed by atoms with Gasteiger partial charge in [-0.1, -0.05) is 0 Å². The minimum Gasteiger partial charge on any atom is -0.300 e. The van der Waals surface area contributed by atoms with Crippen molar-refractivity contribution in [3.8, 4) is 0 Å². The first-order valence-corrected chi connectivity index (χ1v) is 3.15. The van der Waals surface area contributed by atoms with Gasteiger partial charge in [-0.25, -0.2) is 9.97 Å². The molecule has 0 aliphatic carbocycles. The van der Waals surface area contributed by atoms with Gasteiger partial charge in [0, 0.05) is 20.2 Å². The van der Waals surface area contributed by atoms with Crippen LogP contribution in [0.4, 0.5) is 5.82 Å². The average molecular weight is 150 g/mol. The predicted molar refractivity (Wildman–Crippen MR) is 40.0 cm³/mol. The Morgan fingerprint density at radius 2 is 2.45 bits per heavy atom. The maximum atomic E-state index is 10.8. The summed E-state index contributed by atoms with van der Waals surface area (Å²) >= 11 is 0. The third-order valence-corrected chi connectivity index (χ3v) is 1.34. The first-order chi connectivity index (χ1) is 5.22. The molecule has 1 amide bonds. The Labute approximate surface area is 64.9 Å². The molecule has 1 rings (SSSR count). The molecule has 0 fully saturated rings. The maximum Gasteiger partial charge on any atom is 0.224 e. The fourth-order valence-electron chi connectivity index (χ4n) is 0.603. The van der Waals surface area contributed by atoms with E-state index in [0.717, 1.165) is 0 Å². The smallest absolute Gasteiger partial charge is 0.224 e. The molecule has 0 aliphatic rings. The van der Waals surface area contributed by atoms with E-state index < -0.39 is 0 Å². The SMILES string of the molecule is CC(=O)N(C)c1ccn[c]n1. The zero-order valence-corrected chi connectivity index (χ0v) is 6.40. The summed E-state index contributed by atoms with van der Waals surface area (Å²) in [7, 11) is 1.65. The summed E-state index contributed by atoms with van der Waals surface area (Å²) in [5.41, 5.74) is 0. The van der Waals surface area contributed by atoms with Gasteiger partial charge in [-0.2, -0.15) is 0 Å². The number of carbonyl (C=O) groups is 1. The Balaban J connectivity index is 2.85. The zero-order chi connectivity index (χ0) is 8.27. The van der Waals surface area contributed by atoms with Gasteiger partial charge in [-0.05, 0) is 6.07 Å². The van der Waals surface area contributed by atoms with Gasteiger partial charge in [-0.3, -0.25) is 4.79 Å². The molecule has 0 unspecified atom stereocenters. The lowest BCUT2D eigenvalue weighted by Gasteiger charge is -2.11. The second-order valence-corrected chi connectivity index (χ2v) is 2.09. The van der Waals surface area contributed by atoms with Gasteiger partial charge >= 0.3 is 0 Å². The highest BCUT2D eigenvalue weighted by Crippen LogP contribution is 2.03. The van der Waals surface area contributed by atoms with Crippen LogP contribution in [0.1, 0.15) is 6.92 Å². The van der Waals surface area contributed by atoms with Crippen molar-refractivity contribution in [3.05, 3.63) is 18.6 Å². The topological polar surface area (TPSA) is 46.1 Å². The number of hydrogen-bond acceptors (Lipinski definition) is 3. The monoisotopic (exact) mass is 150 g/mol. The Morgan fingerprint density at radius 1 is 1.73 bits per heavy atom. The van der Waals surface area contributed by atoms with Crippen molar-refractivity contribution in [1.82, 2.24) is 9.97 Å². The zero-order valence-electron chi connectivity index (χ0n) is 6.40. The lowest BCUT2D eigenvalue weighted by atomic mass is 10.5. The van der Waals surface area contributed by atoms with E-state index in [1.165, 1.54) is 11.8 Å². The lowest BCUT2D eigenvalue weighted by molar-refractivity contribution is -0.116. The average Bonchev–Trinajstić information content (AvgIpc) is 2.05. The Hall–Kier alpha value is -1.45. The highest BCUT2D eigenvalue weighted by molar-refractivity contribution is 5.89. The van der Waals surface area contributed by atoms with Crippen molar-refractivity contribution in [2.75, 3.05) is 11.9 Å². The van der Waals surface area contributed by atoms with Gasteiger partial charge in [0.05, 0.1) is 0 Å². The number of anilines is 1. The molecule has 0 bridgehead atoms. The van der Waals surface area contributed by atoms with Crippen molar-refractivity contribution >= 4 is 11.7 Å². The summed E-state index contributed by atoms with van der Waals surface area (Å²) in [4.78, 5) is 19.6. The molecular weight excluding hydrogens is 142 g/mol. The standard InChI is InChI=1S/C7H8N3O/c1-6(11)10(2)7-3-4-8-5-9-7/h3-4H,1-2H3. The summed E-state index contributed by atoms with van der Waals surface area (Å²) < 4.78 is 0. The molecule has 0 N–H and O–H groups in total. The molecule has 0 aliphatic heterocycles. The van der Waals surface area contributed by atoms with Gasteiger partial charge in [0.15, 0.2) is 6.33 Å². The molecular formula is C7H8N3O. The summed E-state index contributed by atoms with van der Waals surface area (Å²) in [6, 6.07) is 1.65. The summed E-state index contributed by atoms with van der Waals surface area (Å²) in [5.74, 6) is 0.504. The Kier molecular flexibility index (Phi) is 2.15. The van der Waals surface area contributed by atoms with E-state index in [1.54, 1.807) is 19.3 Å². The summed E-state index contributed by atoms with van der Waals surface area (Å²) in [6.07, 6.45) is 3.95. The predicted octanol–water partition coefficient (Wildman–Crippen LogP) is 0.259. The van der Waals surface area contributed by atoms with Crippen molar-refractivity contribution in [3.63, 3.8) is 0 Å². The largest absolute Gasteiger partial charge is 0.300 e. The molecule has 4 nitrogen and oxygen atoms in total. The number of hydrogen-bond donors (Lipinski definition) is 0. The molecule has 1 radical (unpaired) electrons. The van der Waals surface area contributed by atoms with Crippen LogP contribution >= 0.6 is 0 Å². The van der Waals surface area contributed by atoms with Crippen LogP contribution in [-0.2, 0) is 4.79 Å². The molecule has 11 heavy (non-hydrogen) atoms. The highest BCUT2D eigenvalue weighted by Gasteiger charge is 2.04. The fourth-order valence-corrected chi connectivity index (χ4v) is 0.603. The number of rotatable bonds is 1. The van der Waals surface area contributed by atoms with E-state index in [-0.39, 0.29) is 5.91 Å². The minimum atomic E-state index is -0.0582. The highest BCUT2D eigenvalue weighted by atomic mass is 16.2. The molecule has 1 heterocycles. The first kappa shape index (κ1) is 7.65. The molecule has 0 saturated carbocycles. The number of nitrogens with zero attached hydrogens (tertiary/aromatic N) is 3. The number of amides is 1. The van der Waals surface area contributed by atoms with Crippen molar-refractivity contribution in [1.29, 1.82) is 0 Å². The molecule has 0 aromatic carbocycles. The molecule has 0 atom stereocenters. The molecule has 1 aromatic heterocycles. The normalized spacial score (nSPS) is 9.27. The van der Waals surface area contributed by atoms with E-state index in [2.05, 4.69) is 16.3 Å². The lowest BCUT2D eigenvalue weighted by Crippen LogP contribution is -2.23. The van der Waals surface area contributed by atoms with E-state index in [4.69, 9.17) is 0 Å². The molecule has 0 spiro atoms. The second kappa shape index (κ2) is 3.09. The third-order valence-electron chi connectivity index (χ3n) is 1.34. The van der Waals surface area contributed by atoms with Crippen molar-refractivity contribution in [2.24, 2.45) is 0 Å².